The minimum atomic E-state index is -0.560. The average molecular weight is 177 g/mol. The number of carbonyl (C=O) groups excluding carboxylic acids is 1. The minimum Gasteiger partial charge on any atom is -0.383 e. The first-order valence-electron chi connectivity index (χ1n) is 3.66. The molecule has 0 aliphatic carbocycles. The number of carbonyl (C=O) groups is 1. The van der Waals surface area contributed by atoms with Crippen molar-refractivity contribution in [2.45, 2.75) is 6.42 Å². The zero-order valence-electron chi connectivity index (χ0n) is 6.69. The summed E-state index contributed by atoms with van der Waals surface area (Å²) in [7, 11) is 0. The van der Waals surface area contributed by atoms with Gasteiger partial charge < -0.3 is 11.5 Å². The molecule has 0 saturated carbocycles. The standard InChI is InChI=1S/C7H7N5O/c8-6-3(7(9)13)1-4-5(11-6)2-10-12-4/h2H,1,8H2,(H2,9,13). The van der Waals surface area contributed by atoms with Crippen LogP contribution in [0.1, 0.15) is 6.42 Å². The Bertz CT molecular complexity index is 401. The predicted molar refractivity (Wildman–Crippen MR) is 48.4 cm³/mol. The molecule has 0 aromatic heterocycles. The molecule has 0 saturated heterocycles. The third kappa shape index (κ3) is 1.12. The number of nitrogens with two attached hydrogens (primary N) is 2. The lowest BCUT2D eigenvalue weighted by Crippen LogP contribution is -2.27. The van der Waals surface area contributed by atoms with Crippen molar-refractivity contribution in [1.29, 1.82) is 0 Å². The van der Waals surface area contributed by atoms with E-state index in [-0.39, 0.29) is 5.82 Å². The first kappa shape index (κ1) is 7.66. The van der Waals surface area contributed by atoms with E-state index in [2.05, 4.69) is 15.2 Å². The molecule has 0 aromatic carbocycles. The Labute approximate surface area is 73.7 Å². The molecule has 0 radical (unpaired) electrons. The van der Waals surface area contributed by atoms with Crippen molar-refractivity contribution in [1.82, 2.24) is 0 Å². The molecule has 1 amide bonds. The van der Waals surface area contributed by atoms with E-state index in [0.29, 0.717) is 23.4 Å². The van der Waals surface area contributed by atoms with Crippen LogP contribution in [0.5, 0.6) is 0 Å². The molecule has 2 rings (SSSR count). The van der Waals surface area contributed by atoms with Gasteiger partial charge in [-0.25, -0.2) is 4.99 Å². The van der Waals surface area contributed by atoms with Gasteiger partial charge in [0.1, 0.15) is 11.5 Å². The summed E-state index contributed by atoms with van der Waals surface area (Å²) >= 11 is 0. The smallest absolute Gasteiger partial charge is 0.248 e. The number of hydrogen-bond donors (Lipinski definition) is 2. The molecule has 0 aromatic rings. The molecule has 6 nitrogen and oxygen atoms in total. The molecule has 0 atom stereocenters. The Kier molecular flexibility index (Phi) is 1.48. The monoisotopic (exact) mass is 177 g/mol. The highest BCUT2D eigenvalue weighted by molar-refractivity contribution is 6.65. The maximum absolute atomic E-state index is 10.9. The maximum atomic E-state index is 10.9. The van der Waals surface area contributed by atoms with Gasteiger partial charge in [-0.05, 0) is 0 Å². The van der Waals surface area contributed by atoms with Crippen LogP contribution < -0.4 is 11.5 Å². The Morgan fingerprint density at radius 2 is 2.31 bits per heavy atom. The number of aliphatic imine (C=N–C) groups is 1. The first-order valence-corrected chi connectivity index (χ1v) is 3.66. The highest BCUT2D eigenvalue weighted by Gasteiger charge is 2.23. The summed E-state index contributed by atoms with van der Waals surface area (Å²) in [5, 5.41) is 7.44. The zero-order valence-corrected chi connectivity index (χ0v) is 6.69. The highest BCUT2D eigenvalue weighted by atomic mass is 16.1. The van der Waals surface area contributed by atoms with Crippen molar-refractivity contribution in [3.8, 4) is 0 Å². The van der Waals surface area contributed by atoms with Crippen LogP contribution >= 0.6 is 0 Å². The quantitative estimate of drug-likeness (QED) is 0.532. The minimum absolute atomic E-state index is 0.162. The van der Waals surface area contributed by atoms with E-state index in [0.717, 1.165) is 0 Å². The fraction of sp³-hybridized carbons (Fsp3) is 0.143. The Morgan fingerprint density at radius 3 is 3.00 bits per heavy atom. The summed E-state index contributed by atoms with van der Waals surface area (Å²) in [4.78, 5) is 14.8. The van der Waals surface area contributed by atoms with E-state index in [1.54, 1.807) is 0 Å². The Morgan fingerprint density at radius 1 is 1.54 bits per heavy atom. The van der Waals surface area contributed by atoms with Crippen LogP contribution in [-0.4, -0.2) is 23.5 Å². The third-order valence-electron chi connectivity index (χ3n) is 1.85. The number of rotatable bonds is 1. The van der Waals surface area contributed by atoms with Gasteiger partial charge >= 0.3 is 0 Å². The van der Waals surface area contributed by atoms with Gasteiger partial charge in [0.25, 0.3) is 0 Å². The van der Waals surface area contributed by atoms with Gasteiger partial charge in [0, 0.05) is 6.42 Å². The van der Waals surface area contributed by atoms with Gasteiger partial charge in [0.15, 0.2) is 0 Å². The third-order valence-corrected chi connectivity index (χ3v) is 1.85. The lowest BCUT2D eigenvalue weighted by molar-refractivity contribution is -0.114. The summed E-state index contributed by atoms with van der Waals surface area (Å²) < 4.78 is 0. The molecule has 4 N–H and O–H groups in total. The van der Waals surface area contributed by atoms with Crippen molar-refractivity contribution in [2.75, 3.05) is 0 Å². The van der Waals surface area contributed by atoms with Crippen molar-refractivity contribution in [3.63, 3.8) is 0 Å². The lowest BCUT2D eigenvalue weighted by Gasteiger charge is -2.10. The molecule has 2 aliphatic rings. The van der Waals surface area contributed by atoms with E-state index < -0.39 is 5.91 Å². The molecule has 2 aliphatic heterocycles. The second-order valence-electron chi connectivity index (χ2n) is 2.69. The average Bonchev–Trinajstić information content (AvgIpc) is 2.48. The fourth-order valence-electron chi connectivity index (χ4n) is 1.17. The molecule has 66 valence electrons. The van der Waals surface area contributed by atoms with Gasteiger partial charge in [-0.15, -0.1) is 0 Å². The predicted octanol–water partition coefficient (Wildman–Crippen LogP) is -1.07. The van der Waals surface area contributed by atoms with Crippen molar-refractivity contribution in [2.24, 2.45) is 26.7 Å². The van der Waals surface area contributed by atoms with Crippen molar-refractivity contribution < 1.29 is 4.79 Å². The number of amides is 1. The topological polar surface area (TPSA) is 106 Å². The van der Waals surface area contributed by atoms with E-state index in [1.165, 1.54) is 6.21 Å². The SMILES string of the molecule is NC(=O)C1=C(N)N=C2C=NN=C2C1. The summed E-state index contributed by atoms with van der Waals surface area (Å²) in [6.07, 6.45) is 1.82. The first-order chi connectivity index (χ1) is 6.18. The fourth-order valence-corrected chi connectivity index (χ4v) is 1.17. The maximum Gasteiger partial charge on any atom is 0.248 e. The van der Waals surface area contributed by atoms with Gasteiger partial charge in [-0.2, -0.15) is 10.2 Å². The van der Waals surface area contributed by atoms with E-state index >= 15 is 0 Å². The van der Waals surface area contributed by atoms with Gasteiger partial charge in [-0.3, -0.25) is 4.79 Å². The summed E-state index contributed by atoms with van der Waals surface area (Å²) in [5.41, 5.74) is 12.2. The number of primary amides is 1. The second kappa shape index (κ2) is 2.51. The normalized spacial score (nSPS) is 19.7. The summed E-state index contributed by atoms with van der Waals surface area (Å²) in [6, 6.07) is 0. The van der Waals surface area contributed by atoms with E-state index in [4.69, 9.17) is 11.5 Å². The van der Waals surface area contributed by atoms with Crippen molar-refractivity contribution in [3.05, 3.63) is 11.4 Å². The molecule has 0 spiro atoms. The second-order valence-corrected chi connectivity index (χ2v) is 2.69. The lowest BCUT2D eigenvalue weighted by atomic mass is 10.0. The number of hydrogen-bond acceptors (Lipinski definition) is 5. The largest absolute Gasteiger partial charge is 0.383 e. The van der Waals surface area contributed by atoms with Crippen LogP contribution in [0.15, 0.2) is 26.6 Å². The van der Waals surface area contributed by atoms with Crippen LogP contribution in [0.25, 0.3) is 0 Å². The Balaban J connectivity index is 2.44. The summed E-state index contributed by atoms with van der Waals surface area (Å²) in [5.74, 6) is -0.398. The van der Waals surface area contributed by atoms with Gasteiger partial charge in [0.2, 0.25) is 5.91 Å². The molecule has 0 fully saturated rings. The van der Waals surface area contributed by atoms with Crippen LogP contribution in [0.4, 0.5) is 0 Å². The van der Waals surface area contributed by atoms with E-state index in [9.17, 15) is 4.79 Å². The molecule has 13 heavy (non-hydrogen) atoms. The number of nitrogens with zero attached hydrogens (tertiary/aromatic N) is 3. The highest BCUT2D eigenvalue weighted by Crippen LogP contribution is 2.16. The van der Waals surface area contributed by atoms with Crippen LogP contribution in [0.3, 0.4) is 0 Å². The zero-order chi connectivity index (χ0) is 9.42. The van der Waals surface area contributed by atoms with Crippen molar-refractivity contribution >= 4 is 23.5 Å². The van der Waals surface area contributed by atoms with Crippen LogP contribution in [0.2, 0.25) is 0 Å². The van der Waals surface area contributed by atoms with Crippen LogP contribution in [0, 0.1) is 0 Å². The molecule has 2 heterocycles. The molecule has 6 heteroatoms. The molecule has 0 unspecified atom stereocenters. The molecular weight excluding hydrogens is 170 g/mol. The summed E-state index contributed by atoms with van der Waals surface area (Å²) in [6.45, 7) is 0. The molecular formula is C7H7N5O. The Hall–Kier alpha value is -1.98. The van der Waals surface area contributed by atoms with E-state index in [1.807, 2.05) is 0 Å². The number of fused-ring (bicyclic) bond motifs is 1. The van der Waals surface area contributed by atoms with Crippen LogP contribution in [-0.2, 0) is 4.79 Å². The van der Waals surface area contributed by atoms with Gasteiger partial charge in [0.05, 0.1) is 17.5 Å². The molecule has 0 bridgehead atoms. The van der Waals surface area contributed by atoms with Gasteiger partial charge in [-0.1, -0.05) is 0 Å².